The van der Waals surface area contributed by atoms with E-state index in [-0.39, 0.29) is 5.69 Å². The molecule has 0 spiro atoms. The van der Waals surface area contributed by atoms with Crippen LogP contribution in [0.3, 0.4) is 0 Å². The quantitative estimate of drug-likeness (QED) is 0.434. The molecule has 156 valence electrons. The molecule has 4 aromatic rings. The van der Waals surface area contributed by atoms with Crippen LogP contribution in [0.15, 0.2) is 78.9 Å². The van der Waals surface area contributed by atoms with Crippen molar-refractivity contribution in [1.82, 2.24) is 10.2 Å². The van der Waals surface area contributed by atoms with Gasteiger partial charge in [0.25, 0.3) is 5.91 Å². The summed E-state index contributed by atoms with van der Waals surface area (Å²) in [6, 6.07) is 23.2. The van der Waals surface area contributed by atoms with E-state index in [0.29, 0.717) is 34.5 Å². The average molecular weight is 415 g/mol. The van der Waals surface area contributed by atoms with Gasteiger partial charge in [-0.25, -0.2) is 4.79 Å². The molecule has 1 aromatic heterocycles. The second-order valence-corrected chi connectivity index (χ2v) is 6.73. The van der Waals surface area contributed by atoms with Gasteiger partial charge in [-0.05, 0) is 25.1 Å². The summed E-state index contributed by atoms with van der Waals surface area (Å²) in [6.45, 7) is 2.32. The lowest BCUT2D eigenvalue weighted by molar-refractivity contribution is -0.125. The smallest absolute Gasteiger partial charge is 0.360 e. The summed E-state index contributed by atoms with van der Waals surface area (Å²) in [7, 11) is 0. The number of para-hydroxylation sites is 3. The summed E-state index contributed by atoms with van der Waals surface area (Å²) < 4.78 is 11.2. The first-order chi connectivity index (χ1) is 15.2. The Hall–Kier alpha value is -4.13. The van der Waals surface area contributed by atoms with Crippen molar-refractivity contribution in [1.29, 1.82) is 0 Å². The minimum atomic E-state index is -1.17. The number of H-pyrrole nitrogens is 1. The highest BCUT2D eigenvalue weighted by Gasteiger charge is 2.28. The van der Waals surface area contributed by atoms with Gasteiger partial charge in [0, 0.05) is 10.9 Å². The van der Waals surface area contributed by atoms with Crippen LogP contribution in [-0.2, 0) is 9.53 Å². The number of aromatic amines is 1. The predicted octanol–water partition coefficient (Wildman–Crippen LogP) is 4.50. The van der Waals surface area contributed by atoms with Gasteiger partial charge in [0.15, 0.2) is 5.69 Å². The number of esters is 1. The van der Waals surface area contributed by atoms with E-state index in [0.717, 1.165) is 0 Å². The van der Waals surface area contributed by atoms with E-state index in [9.17, 15) is 9.59 Å². The van der Waals surface area contributed by atoms with Crippen LogP contribution in [-0.4, -0.2) is 28.7 Å². The van der Waals surface area contributed by atoms with E-state index in [1.165, 1.54) is 0 Å². The Labute approximate surface area is 179 Å². The highest BCUT2D eigenvalue weighted by atomic mass is 16.5. The van der Waals surface area contributed by atoms with Crippen LogP contribution < -0.4 is 10.1 Å². The molecule has 31 heavy (non-hydrogen) atoms. The maximum atomic E-state index is 13.2. The van der Waals surface area contributed by atoms with Crippen LogP contribution in [0.4, 0.5) is 5.69 Å². The van der Waals surface area contributed by atoms with E-state index >= 15 is 0 Å². The summed E-state index contributed by atoms with van der Waals surface area (Å²) in [4.78, 5) is 26.1. The molecule has 1 amide bonds. The van der Waals surface area contributed by atoms with Crippen LogP contribution in [0.5, 0.6) is 5.75 Å². The molecular formula is C24H21N3O4. The summed E-state index contributed by atoms with van der Waals surface area (Å²) in [5.74, 6) is -0.652. The molecule has 0 radical (unpaired) electrons. The molecule has 1 atom stereocenters. The molecule has 7 heteroatoms. The highest BCUT2D eigenvalue weighted by Crippen LogP contribution is 2.27. The van der Waals surface area contributed by atoms with Crippen molar-refractivity contribution < 1.29 is 19.1 Å². The summed E-state index contributed by atoms with van der Waals surface area (Å²) in [5, 5.41) is 10.3. The van der Waals surface area contributed by atoms with Crippen LogP contribution in [0.1, 0.15) is 29.1 Å². The van der Waals surface area contributed by atoms with Crippen LogP contribution in [0.25, 0.3) is 10.9 Å². The van der Waals surface area contributed by atoms with E-state index in [2.05, 4.69) is 15.5 Å². The maximum absolute atomic E-state index is 13.2. The molecule has 7 nitrogen and oxygen atoms in total. The molecule has 0 aliphatic heterocycles. The van der Waals surface area contributed by atoms with Crippen molar-refractivity contribution in [3.8, 4) is 5.75 Å². The lowest BCUT2D eigenvalue weighted by atomic mass is 10.1. The third kappa shape index (κ3) is 4.40. The average Bonchev–Trinajstić information content (AvgIpc) is 3.24. The fourth-order valence-electron chi connectivity index (χ4n) is 3.23. The van der Waals surface area contributed by atoms with Crippen LogP contribution in [0.2, 0.25) is 0 Å². The molecule has 4 rings (SSSR count). The van der Waals surface area contributed by atoms with Gasteiger partial charge in [0.2, 0.25) is 6.10 Å². The van der Waals surface area contributed by atoms with E-state index in [1.807, 2.05) is 31.2 Å². The number of benzene rings is 3. The third-order valence-electron chi connectivity index (χ3n) is 4.67. The molecular weight excluding hydrogens is 394 g/mol. The SMILES string of the molecule is CCOc1ccccc1NC(=O)C(OC(=O)c1n[nH]c2ccccc12)c1ccccc1. The van der Waals surface area contributed by atoms with E-state index in [1.54, 1.807) is 54.6 Å². The molecule has 0 bridgehead atoms. The first-order valence-electron chi connectivity index (χ1n) is 9.89. The van der Waals surface area contributed by atoms with Gasteiger partial charge >= 0.3 is 5.97 Å². The number of carbonyl (C=O) groups excluding carboxylic acids is 2. The maximum Gasteiger partial charge on any atom is 0.360 e. The van der Waals surface area contributed by atoms with Gasteiger partial charge in [-0.15, -0.1) is 0 Å². The number of amides is 1. The first-order valence-corrected chi connectivity index (χ1v) is 9.89. The van der Waals surface area contributed by atoms with Crippen LogP contribution >= 0.6 is 0 Å². The zero-order valence-corrected chi connectivity index (χ0v) is 16.9. The van der Waals surface area contributed by atoms with Gasteiger partial charge in [-0.2, -0.15) is 5.10 Å². The Balaban J connectivity index is 1.62. The number of aromatic nitrogens is 2. The molecule has 0 saturated heterocycles. The topological polar surface area (TPSA) is 93.3 Å². The standard InChI is InChI=1S/C24H21N3O4/c1-2-30-20-15-9-8-14-19(20)25-23(28)22(16-10-4-3-5-11-16)31-24(29)21-17-12-6-7-13-18(17)26-27-21/h3-15,22H,2H2,1H3,(H,25,28)(H,26,27). The number of nitrogens with one attached hydrogen (secondary N) is 2. The van der Waals surface area contributed by atoms with Gasteiger partial charge in [-0.3, -0.25) is 9.89 Å². The van der Waals surface area contributed by atoms with Crippen molar-refractivity contribution in [2.24, 2.45) is 0 Å². The number of anilines is 1. The fraction of sp³-hybridized carbons (Fsp3) is 0.125. The Bertz CT molecular complexity index is 1200. The highest BCUT2D eigenvalue weighted by molar-refractivity contribution is 6.04. The monoisotopic (exact) mass is 415 g/mol. The predicted molar refractivity (Wildman–Crippen MR) is 117 cm³/mol. The van der Waals surface area contributed by atoms with Gasteiger partial charge in [0.1, 0.15) is 5.75 Å². The zero-order valence-electron chi connectivity index (χ0n) is 16.9. The largest absolute Gasteiger partial charge is 0.492 e. The minimum Gasteiger partial charge on any atom is -0.492 e. The number of hydrogen-bond donors (Lipinski definition) is 2. The fourth-order valence-corrected chi connectivity index (χ4v) is 3.23. The second kappa shape index (κ2) is 9.13. The number of carbonyl (C=O) groups is 2. The molecule has 0 fully saturated rings. The normalized spacial score (nSPS) is 11.6. The number of nitrogens with zero attached hydrogens (tertiary/aromatic N) is 1. The van der Waals surface area contributed by atoms with E-state index in [4.69, 9.17) is 9.47 Å². The van der Waals surface area contributed by atoms with Crippen molar-refractivity contribution in [2.75, 3.05) is 11.9 Å². The zero-order chi connectivity index (χ0) is 21.6. The van der Waals surface area contributed by atoms with Gasteiger partial charge < -0.3 is 14.8 Å². The molecule has 0 saturated carbocycles. The third-order valence-corrected chi connectivity index (χ3v) is 4.67. The number of rotatable bonds is 7. The Morgan fingerprint density at radius 1 is 0.968 bits per heavy atom. The first kappa shape index (κ1) is 20.2. The molecule has 2 N–H and O–H groups in total. The van der Waals surface area contributed by atoms with Crippen molar-refractivity contribution in [2.45, 2.75) is 13.0 Å². The number of fused-ring (bicyclic) bond motifs is 1. The number of hydrogen-bond acceptors (Lipinski definition) is 5. The number of ether oxygens (including phenoxy) is 2. The molecule has 0 aliphatic rings. The minimum absolute atomic E-state index is 0.124. The summed E-state index contributed by atoms with van der Waals surface area (Å²) >= 11 is 0. The molecule has 3 aromatic carbocycles. The van der Waals surface area contributed by atoms with Gasteiger partial charge in [-0.1, -0.05) is 60.7 Å². The van der Waals surface area contributed by atoms with Crippen LogP contribution in [0, 0.1) is 0 Å². The second-order valence-electron chi connectivity index (χ2n) is 6.73. The molecule has 1 unspecified atom stereocenters. The molecule has 1 heterocycles. The summed E-state index contributed by atoms with van der Waals surface area (Å²) in [6.07, 6.45) is -1.17. The van der Waals surface area contributed by atoms with E-state index < -0.39 is 18.0 Å². The van der Waals surface area contributed by atoms with Gasteiger partial charge in [0.05, 0.1) is 17.8 Å². The molecule has 0 aliphatic carbocycles. The van der Waals surface area contributed by atoms with Crippen molar-refractivity contribution in [3.63, 3.8) is 0 Å². The Kier molecular flexibility index (Phi) is 5.93. The van der Waals surface area contributed by atoms with Crippen molar-refractivity contribution >= 4 is 28.5 Å². The Morgan fingerprint density at radius 2 is 1.68 bits per heavy atom. The Morgan fingerprint density at radius 3 is 2.48 bits per heavy atom. The lowest BCUT2D eigenvalue weighted by Crippen LogP contribution is -2.26. The van der Waals surface area contributed by atoms with Crippen molar-refractivity contribution in [3.05, 3.63) is 90.1 Å². The lowest BCUT2D eigenvalue weighted by Gasteiger charge is -2.19. The summed E-state index contributed by atoms with van der Waals surface area (Å²) in [5.41, 5.74) is 1.87.